The van der Waals surface area contributed by atoms with E-state index in [0.29, 0.717) is 0 Å². The molecule has 0 atom stereocenters. The summed E-state index contributed by atoms with van der Waals surface area (Å²) >= 11 is 8.14. The molecule has 2 rings (SSSR count). The van der Waals surface area contributed by atoms with Gasteiger partial charge in [0.15, 0.2) is 5.11 Å². The molecule has 0 bridgehead atoms. The number of rotatable bonds is 2. The van der Waals surface area contributed by atoms with Crippen LogP contribution in [0.15, 0.2) is 27.9 Å². The number of halogens is 1. The van der Waals surface area contributed by atoms with Crippen molar-refractivity contribution in [1.29, 1.82) is 0 Å². The van der Waals surface area contributed by atoms with Gasteiger partial charge in [0.05, 0.1) is 6.21 Å². The summed E-state index contributed by atoms with van der Waals surface area (Å²) in [4.78, 5) is 3.22. The Morgan fingerprint density at radius 2 is 2.35 bits per heavy atom. The average Bonchev–Trinajstić information content (AvgIpc) is 2.61. The molecule has 0 amide bonds. The molecule has 88 valence electrons. The van der Waals surface area contributed by atoms with Gasteiger partial charge in [0.2, 0.25) is 0 Å². The first-order valence-electron chi connectivity index (χ1n) is 4.93. The summed E-state index contributed by atoms with van der Waals surface area (Å²) < 4.78 is 1.04. The van der Waals surface area contributed by atoms with Crippen LogP contribution >= 0.6 is 28.1 Å². The predicted octanol–water partition coefficient (Wildman–Crippen LogP) is 2.41. The first-order chi connectivity index (χ1) is 8.08. The summed E-state index contributed by atoms with van der Waals surface area (Å²) in [5, 5.41) is 5.20. The monoisotopic (exact) mass is 310 g/mol. The summed E-state index contributed by atoms with van der Waals surface area (Å²) in [6.45, 7) is 2.05. The summed E-state index contributed by atoms with van der Waals surface area (Å²) in [6.07, 6.45) is 3.58. The third-order valence-corrected chi connectivity index (χ3v) is 2.91. The van der Waals surface area contributed by atoms with E-state index >= 15 is 0 Å². The van der Waals surface area contributed by atoms with Crippen molar-refractivity contribution < 1.29 is 0 Å². The van der Waals surface area contributed by atoms with Gasteiger partial charge in [-0.25, -0.2) is 0 Å². The molecule has 0 radical (unpaired) electrons. The Morgan fingerprint density at radius 3 is 3.06 bits per heavy atom. The molecular weight excluding hydrogens is 300 g/mol. The molecule has 0 aliphatic rings. The van der Waals surface area contributed by atoms with Crippen LogP contribution in [0.5, 0.6) is 0 Å². The third-order valence-electron chi connectivity index (χ3n) is 2.36. The van der Waals surface area contributed by atoms with E-state index in [-0.39, 0.29) is 5.11 Å². The molecule has 0 saturated carbocycles. The number of nitrogens with one attached hydrogen (secondary N) is 2. The molecule has 0 aliphatic heterocycles. The first-order valence-corrected chi connectivity index (χ1v) is 6.14. The molecule has 1 aromatic carbocycles. The molecule has 0 aliphatic carbocycles. The second kappa shape index (κ2) is 4.85. The summed E-state index contributed by atoms with van der Waals surface area (Å²) in [5.74, 6) is 0. The highest BCUT2D eigenvalue weighted by Crippen LogP contribution is 2.25. The highest BCUT2D eigenvalue weighted by atomic mass is 79.9. The van der Waals surface area contributed by atoms with Crippen LogP contribution in [-0.2, 0) is 0 Å². The molecule has 0 fully saturated rings. The second-order valence-corrected chi connectivity index (χ2v) is 4.98. The maximum absolute atomic E-state index is 5.28. The van der Waals surface area contributed by atoms with Gasteiger partial charge in [-0.1, -0.05) is 15.9 Å². The normalized spacial score (nSPS) is 11.2. The highest BCUT2D eigenvalue weighted by Gasteiger charge is 2.05. The van der Waals surface area contributed by atoms with Crippen LogP contribution in [0.1, 0.15) is 11.1 Å². The van der Waals surface area contributed by atoms with Crippen molar-refractivity contribution >= 4 is 50.4 Å². The van der Waals surface area contributed by atoms with E-state index in [1.807, 2.05) is 12.3 Å². The van der Waals surface area contributed by atoms with Gasteiger partial charge >= 0.3 is 0 Å². The van der Waals surface area contributed by atoms with Crippen molar-refractivity contribution in [3.8, 4) is 0 Å². The van der Waals surface area contributed by atoms with Crippen LogP contribution in [0.2, 0.25) is 0 Å². The minimum absolute atomic E-state index is 0.151. The lowest BCUT2D eigenvalue weighted by atomic mass is 10.1. The Bertz CT molecular complexity index is 603. The fourth-order valence-electron chi connectivity index (χ4n) is 1.66. The number of hydrazone groups is 1. The summed E-state index contributed by atoms with van der Waals surface area (Å²) in [6, 6.07) is 4.11. The Kier molecular flexibility index (Phi) is 3.44. The van der Waals surface area contributed by atoms with Crippen LogP contribution in [0.4, 0.5) is 0 Å². The van der Waals surface area contributed by atoms with E-state index in [1.54, 1.807) is 6.21 Å². The summed E-state index contributed by atoms with van der Waals surface area (Å²) in [7, 11) is 0. The molecular formula is C11H11BrN4S. The minimum Gasteiger partial charge on any atom is -0.375 e. The van der Waals surface area contributed by atoms with Crippen molar-refractivity contribution in [2.24, 2.45) is 10.8 Å². The maximum Gasteiger partial charge on any atom is 0.184 e. The molecule has 4 N–H and O–H groups in total. The maximum atomic E-state index is 5.28. The van der Waals surface area contributed by atoms with Gasteiger partial charge in [0.25, 0.3) is 0 Å². The molecule has 0 spiro atoms. The van der Waals surface area contributed by atoms with Crippen LogP contribution in [0, 0.1) is 6.92 Å². The van der Waals surface area contributed by atoms with Gasteiger partial charge in [-0.2, -0.15) is 5.10 Å². The lowest BCUT2D eigenvalue weighted by molar-refractivity contribution is 1.04. The highest BCUT2D eigenvalue weighted by molar-refractivity contribution is 9.10. The van der Waals surface area contributed by atoms with Crippen molar-refractivity contribution in [3.05, 3.63) is 33.9 Å². The predicted molar refractivity (Wildman–Crippen MR) is 78.3 cm³/mol. The van der Waals surface area contributed by atoms with Crippen LogP contribution < -0.4 is 11.2 Å². The van der Waals surface area contributed by atoms with Gasteiger partial charge in [0, 0.05) is 27.1 Å². The van der Waals surface area contributed by atoms with Crippen molar-refractivity contribution in [2.45, 2.75) is 6.92 Å². The van der Waals surface area contributed by atoms with Crippen molar-refractivity contribution in [1.82, 2.24) is 10.4 Å². The smallest absolute Gasteiger partial charge is 0.184 e. The van der Waals surface area contributed by atoms with Crippen LogP contribution in [0.3, 0.4) is 0 Å². The van der Waals surface area contributed by atoms with Gasteiger partial charge in [0.1, 0.15) is 0 Å². The van der Waals surface area contributed by atoms with E-state index in [9.17, 15) is 0 Å². The minimum atomic E-state index is 0.151. The van der Waals surface area contributed by atoms with Crippen molar-refractivity contribution in [2.75, 3.05) is 0 Å². The molecule has 17 heavy (non-hydrogen) atoms. The first kappa shape index (κ1) is 12.1. The van der Waals surface area contributed by atoms with Gasteiger partial charge in [-0.3, -0.25) is 5.43 Å². The Hall–Kier alpha value is -1.40. The van der Waals surface area contributed by atoms with Gasteiger partial charge in [-0.15, -0.1) is 0 Å². The molecule has 0 saturated heterocycles. The van der Waals surface area contributed by atoms with E-state index in [0.717, 1.165) is 20.9 Å². The molecule has 0 unspecified atom stereocenters. The fourth-order valence-corrected chi connectivity index (χ4v) is 2.29. The van der Waals surface area contributed by atoms with E-state index in [2.05, 4.69) is 56.6 Å². The summed E-state index contributed by atoms with van der Waals surface area (Å²) in [5.41, 5.74) is 11.1. The number of thiocarbonyl (C=S) groups is 1. The van der Waals surface area contributed by atoms with Gasteiger partial charge in [-0.05, 0) is 36.8 Å². The number of benzene rings is 1. The van der Waals surface area contributed by atoms with Crippen LogP contribution in [-0.4, -0.2) is 16.3 Å². The third kappa shape index (κ3) is 2.65. The number of hydrogen-bond donors (Lipinski definition) is 3. The second-order valence-electron chi connectivity index (χ2n) is 3.62. The molecule has 1 aromatic heterocycles. The quantitative estimate of drug-likeness (QED) is 0.453. The molecule has 6 heteroatoms. The standard InChI is InChI=1S/C11H11BrN4S/c1-6-2-8(12)3-9-7(4-14-10(6)9)5-15-16-11(13)17/h2-5,14H,1H3,(H3,13,16,17). The molecule has 1 heterocycles. The largest absolute Gasteiger partial charge is 0.375 e. The Balaban J connectivity index is 2.42. The van der Waals surface area contributed by atoms with E-state index < -0.39 is 0 Å². The average molecular weight is 311 g/mol. The Labute approximate surface area is 112 Å². The number of nitrogens with zero attached hydrogens (tertiary/aromatic N) is 1. The molecule has 2 aromatic rings. The zero-order valence-electron chi connectivity index (χ0n) is 9.12. The molecule has 4 nitrogen and oxygen atoms in total. The number of hydrogen-bond acceptors (Lipinski definition) is 2. The number of aromatic amines is 1. The SMILES string of the molecule is Cc1cc(Br)cc2c(C=NNC(N)=S)c[nH]c12. The van der Waals surface area contributed by atoms with E-state index in [1.165, 1.54) is 5.56 Å². The lowest BCUT2D eigenvalue weighted by Crippen LogP contribution is -2.23. The van der Waals surface area contributed by atoms with Crippen molar-refractivity contribution in [3.63, 3.8) is 0 Å². The zero-order valence-corrected chi connectivity index (χ0v) is 11.5. The lowest BCUT2D eigenvalue weighted by Gasteiger charge is -1.98. The number of nitrogens with two attached hydrogens (primary N) is 1. The number of H-pyrrole nitrogens is 1. The van der Waals surface area contributed by atoms with Gasteiger partial charge < -0.3 is 10.7 Å². The number of fused-ring (bicyclic) bond motifs is 1. The topological polar surface area (TPSA) is 66.2 Å². The number of aryl methyl sites for hydroxylation is 1. The van der Waals surface area contributed by atoms with E-state index in [4.69, 9.17) is 5.73 Å². The Morgan fingerprint density at radius 1 is 1.59 bits per heavy atom. The zero-order chi connectivity index (χ0) is 12.4. The van der Waals surface area contributed by atoms with Crippen LogP contribution in [0.25, 0.3) is 10.9 Å². The fraction of sp³-hybridized carbons (Fsp3) is 0.0909. The number of aromatic nitrogens is 1.